The van der Waals surface area contributed by atoms with Crippen molar-refractivity contribution in [3.63, 3.8) is 0 Å². The van der Waals surface area contributed by atoms with Gasteiger partial charge in [-0.2, -0.15) is 0 Å². The zero-order valence-electron chi connectivity index (χ0n) is 13.1. The zero-order valence-corrected chi connectivity index (χ0v) is 13.1. The summed E-state index contributed by atoms with van der Waals surface area (Å²) in [4.78, 5) is 14.0. The minimum absolute atomic E-state index is 0.00693. The summed E-state index contributed by atoms with van der Waals surface area (Å²) >= 11 is 0. The Kier molecular flexibility index (Phi) is 6.18. The number of benzene rings is 1. The number of rotatable bonds is 7. The van der Waals surface area contributed by atoms with Crippen molar-refractivity contribution in [3.05, 3.63) is 29.8 Å². The molecule has 6 nitrogen and oxygen atoms in total. The smallest absolute Gasteiger partial charge is 0.234 e. The Morgan fingerprint density at radius 2 is 2.27 bits per heavy atom. The monoisotopic (exact) mass is 308 g/mol. The molecule has 0 aromatic heterocycles. The van der Waals surface area contributed by atoms with Crippen molar-refractivity contribution in [2.24, 2.45) is 0 Å². The van der Waals surface area contributed by atoms with Gasteiger partial charge in [0.2, 0.25) is 5.91 Å². The number of nitrogens with one attached hydrogen (secondary N) is 1. The third-order valence-corrected chi connectivity index (χ3v) is 4.00. The van der Waals surface area contributed by atoms with Crippen LogP contribution >= 0.6 is 0 Å². The highest BCUT2D eigenvalue weighted by Gasteiger charge is 2.32. The Hall–Kier alpha value is -1.63. The van der Waals surface area contributed by atoms with Crippen molar-refractivity contribution in [3.8, 4) is 5.75 Å². The van der Waals surface area contributed by atoms with E-state index in [1.807, 2.05) is 29.2 Å². The fraction of sp³-hybridized carbons (Fsp3) is 0.562. The lowest BCUT2D eigenvalue weighted by molar-refractivity contribution is -0.122. The molecule has 1 fully saturated rings. The molecule has 0 saturated carbocycles. The predicted octanol–water partition coefficient (Wildman–Crippen LogP) is 0.393. The van der Waals surface area contributed by atoms with Crippen LogP contribution in [0.3, 0.4) is 0 Å². The molecule has 1 aliphatic heterocycles. The number of likely N-dealkylation sites (tertiary alicyclic amines) is 1. The maximum Gasteiger partial charge on any atom is 0.234 e. The first kappa shape index (κ1) is 16.7. The Morgan fingerprint density at radius 3 is 2.95 bits per heavy atom. The summed E-state index contributed by atoms with van der Waals surface area (Å²) in [5.41, 5.74) is 0.989. The second kappa shape index (κ2) is 8.12. The zero-order chi connectivity index (χ0) is 15.9. The summed E-state index contributed by atoms with van der Waals surface area (Å²) in [7, 11) is 3.28. The number of carbonyl (C=O) groups excluding carboxylic acids is 1. The van der Waals surface area contributed by atoms with Crippen LogP contribution in [0.5, 0.6) is 5.75 Å². The quantitative estimate of drug-likeness (QED) is 0.763. The van der Waals surface area contributed by atoms with E-state index in [1.54, 1.807) is 14.2 Å². The van der Waals surface area contributed by atoms with Gasteiger partial charge in [0, 0.05) is 26.2 Å². The molecule has 0 spiro atoms. The van der Waals surface area contributed by atoms with Gasteiger partial charge in [-0.15, -0.1) is 0 Å². The van der Waals surface area contributed by atoms with E-state index < -0.39 is 0 Å². The topological polar surface area (TPSA) is 71.0 Å². The van der Waals surface area contributed by atoms with Crippen LogP contribution in [0.2, 0.25) is 0 Å². The number of carbonyl (C=O) groups is 1. The van der Waals surface area contributed by atoms with Gasteiger partial charge in [-0.3, -0.25) is 9.69 Å². The van der Waals surface area contributed by atoms with Crippen LogP contribution in [-0.2, 0) is 16.1 Å². The molecule has 1 aliphatic rings. The molecule has 2 rings (SSSR count). The van der Waals surface area contributed by atoms with E-state index in [0.29, 0.717) is 13.1 Å². The summed E-state index contributed by atoms with van der Waals surface area (Å²) in [5.74, 6) is 0.715. The first-order chi connectivity index (χ1) is 10.7. The summed E-state index contributed by atoms with van der Waals surface area (Å²) < 4.78 is 10.5. The number of methoxy groups -OCH3 is 2. The van der Waals surface area contributed by atoms with Crippen LogP contribution < -0.4 is 10.1 Å². The number of ether oxygens (including phenoxy) is 2. The fourth-order valence-corrected chi connectivity index (χ4v) is 2.72. The highest BCUT2D eigenvalue weighted by molar-refractivity contribution is 5.78. The van der Waals surface area contributed by atoms with Crippen molar-refractivity contribution in [1.82, 2.24) is 10.2 Å². The lowest BCUT2D eigenvalue weighted by Crippen LogP contribution is -2.41. The summed E-state index contributed by atoms with van der Waals surface area (Å²) in [6, 6.07) is 7.59. The van der Waals surface area contributed by atoms with Gasteiger partial charge < -0.3 is 19.9 Å². The lowest BCUT2D eigenvalue weighted by Gasteiger charge is -2.21. The van der Waals surface area contributed by atoms with Gasteiger partial charge in [0.05, 0.1) is 26.4 Å². The normalized spacial score (nSPS) is 21.8. The van der Waals surface area contributed by atoms with Gasteiger partial charge in [-0.25, -0.2) is 0 Å². The Labute approximate surface area is 131 Å². The maximum atomic E-state index is 12.1. The maximum absolute atomic E-state index is 12.1. The standard InChI is InChI=1S/C16H24N2O4/c1-21-14-5-3-4-12(6-14)8-17-16(20)10-18-9-15(22-2)7-13(18)11-19/h3-6,13,15,19H,7-11H2,1-2H3,(H,17,20)/t13-,15-/m0/s1. The van der Waals surface area contributed by atoms with E-state index in [-0.39, 0.29) is 31.2 Å². The molecule has 0 bridgehead atoms. The minimum Gasteiger partial charge on any atom is -0.497 e. The predicted molar refractivity (Wildman–Crippen MR) is 82.7 cm³/mol. The molecule has 1 saturated heterocycles. The van der Waals surface area contributed by atoms with E-state index >= 15 is 0 Å². The molecular formula is C16H24N2O4. The first-order valence-electron chi connectivity index (χ1n) is 7.43. The van der Waals surface area contributed by atoms with Crippen molar-refractivity contribution in [2.45, 2.75) is 25.1 Å². The van der Waals surface area contributed by atoms with E-state index in [9.17, 15) is 9.90 Å². The molecule has 6 heteroatoms. The molecular weight excluding hydrogens is 284 g/mol. The highest BCUT2D eigenvalue weighted by atomic mass is 16.5. The van der Waals surface area contributed by atoms with Crippen LogP contribution in [-0.4, -0.2) is 62.0 Å². The minimum atomic E-state index is -0.0574. The van der Waals surface area contributed by atoms with Crippen molar-refractivity contribution >= 4 is 5.91 Å². The molecule has 122 valence electrons. The van der Waals surface area contributed by atoms with Crippen LogP contribution in [0, 0.1) is 0 Å². The Bertz CT molecular complexity index is 495. The molecule has 2 atom stereocenters. The number of hydrogen-bond acceptors (Lipinski definition) is 5. The average Bonchev–Trinajstić information content (AvgIpc) is 2.95. The van der Waals surface area contributed by atoms with Gasteiger partial charge in [0.1, 0.15) is 5.75 Å². The number of amides is 1. The van der Waals surface area contributed by atoms with Gasteiger partial charge in [0.15, 0.2) is 0 Å². The van der Waals surface area contributed by atoms with Crippen molar-refractivity contribution in [1.29, 1.82) is 0 Å². The molecule has 22 heavy (non-hydrogen) atoms. The van der Waals surface area contributed by atoms with Crippen molar-refractivity contribution in [2.75, 3.05) is 33.9 Å². The van der Waals surface area contributed by atoms with Crippen LogP contribution in [0.15, 0.2) is 24.3 Å². The lowest BCUT2D eigenvalue weighted by atomic mass is 10.2. The van der Waals surface area contributed by atoms with E-state index in [1.165, 1.54) is 0 Å². The molecule has 0 radical (unpaired) electrons. The fourth-order valence-electron chi connectivity index (χ4n) is 2.72. The molecule has 1 heterocycles. The Morgan fingerprint density at radius 1 is 1.45 bits per heavy atom. The van der Waals surface area contributed by atoms with Crippen LogP contribution in [0.1, 0.15) is 12.0 Å². The summed E-state index contributed by atoms with van der Waals surface area (Å²) in [5, 5.41) is 12.3. The second-order valence-electron chi connectivity index (χ2n) is 5.49. The number of aliphatic hydroxyl groups is 1. The first-order valence-corrected chi connectivity index (χ1v) is 7.43. The van der Waals surface area contributed by atoms with Crippen LogP contribution in [0.25, 0.3) is 0 Å². The second-order valence-corrected chi connectivity index (χ2v) is 5.49. The van der Waals surface area contributed by atoms with Crippen molar-refractivity contribution < 1.29 is 19.4 Å². The third kappa shape index (κ3) is 4.43. The Balaban J connectivity index is 1.82. The summed E-state index contributed by atoms with van der Waals surface area (Å²) in [6.07, 6.45) is 0.847. The SMILES string of the molecule is COc1cccc(CNC(=O)CN2C[C@@H](OC)C[C@H]2CO)c1. The van der Waals surface area contributed by atoms with Crippen LogP contribution in [0.4, 0.5) is 0 Å². The molecule has 0 aliphatic carbocycles. The molecule has 0 unspecified atom stereocenters. The van der Waals surface area contributed by atoms with E-state index in [0.717, 1.165) is 17.7 Å². The van der Waals surface area contributed by atoms with Gasteiger partial charge in [-0.05, 0) is 24.1 Å². The molecule has 2 N–H and O–H groups in total. The molecule has 1 aromatic carbocycles. The number of aliphatic hydroxyl groups excluding tert-OH is 1. The van der Waals surface area contributed by atoms with Gasteiger partial charge in [0.25, 0.3) is 0 Å². The number of hydrogen-bond donors (Lipinski definition) is 2. The largest absolute Gasteiger partial charge is 0.497 e. The van der Waals surface area contributed by atoms with E-state index in [2.05, 4.69) is 5.32 Å². The number of nitrogens with zero attached hydrogens (tertiary/aromatic N) is 1. The van der Waals surface area contributed by atoms with Gasteiger partial charge >= 0.3 is 0 Å². The molecule has 1 aromatic rings. The third-order valence-electron chi connectivity index (χ3n) is 4.00. The van der Waals surface area contributed by atoms with E-state index in [4.69, 9.17) is 9.47 Å². The highest BCUT2D eigenvalue weighted by Crippen LogP contribution is 2.19. The average molecular weight is 308 g/mol. The molecule has 1 amide bonds. The summed E-state index contributed by atoms with van der Waals surface area (Å²) in [6.45, 7) is 1.45. The van der Waals surface area contributed by atoms with Gasteiger partial charge in [-0.1, -0.05) is 12.1 Å².